The fraction of sp³-hybridized carbons (Fsp3) is 0.474. The van der Waals surface area contributed by atoms with E-state index in [1.54, 1.807) is 12.1 Å². The molecule has 1 aromatic rings. The van der Waals surface area contributed by atoms with Crippen LogP contribution in [-0.4, -0.2) is 70.0 Å². The maximum Gasteiger partial charge on any atom is 0.322 e. The van der Waals surface area contributed by atoms with E-state index in [1.165, 1.54) is 24.0 Å². The van der Waals surface area contributed by atoms with E-state index < -0.39 is 48.4 Å². The predicted molar refractivity (Wildman–Crippen MR) is 103 cm³/mol. The van der Waals surface area contributed by atoms with Crippen molar-refractivity contribution >= 4 is 23.7 Å². The van der Waals surface area contributed by atoms with Crippen molar-refractivity contribution in [2.45, 2.75) is 44.3 Å². The number of hydrogen-bond donors (Lipinski definition) is 5. The first kappa shape index (κ1) is 22.2. The molecule has 1 aliphatic rings. The second-order valence-corrected chi connectivity index (χ2v) is 7.01. The largest absolute Gasteiger partial charge is 0.508 e. The summed E-state index contributed by atoms with van der Waals surface area (Å²) in [4.78, 5) is 49.1. The van der Waals surface area contributed by atoms with E-state index in [2.05, 4.69) is 10.6 Å². The molecule has 0 bridgehead atoms. The van der Waals surface area contributed by atoms with Gasteiger partial charge in [0.1, 0.15) is 24.4 Å². The Labute approximate surface area is 168 Å². The summed E-state index contributed by atoms with van der Waals surface area (Å²) >= 11 is 0. The molecule has 3 atom stereocenters. The molecule has 1 fully saturated rings. The SMILES string of the molecule is CC(NC(=O)C(N)Cc1ccc(O)cc1)C(=O)N1CCCC1C(=O)NCC(=O)O. The third-order valence-electron chi connectivity index (χ3n) is 4.71. The summed E-state index contributed by atoms with van der Waals surface area (Å²) in [5.41, 5.74) is 6.68. The van der Waals surface area contributed by atoms with Gasteiger partial charge in [0.05, 0.1) is 6.04 Å². The molecule has 1 heterocycles. The second kappa shape index (κ2) is 9.87. The van der Waals surface area contributed by atoms with E-state index in [-0.39, 0.29) is 12.2 Å². The van der Waals surface area contributed by atoms with Crippen molar-refractivity contribution in [3.63, 3.8) is 0 Å². The number of nitrogens with one attached hydrogen (secondary N) is 2. The van der Waals surface area contributed by atoms with Gasteiger partial charge in [-0.25, -0.2) is 0 Å². The lowest BCUT2D eigenvalue weighted by Crippen LogP contribution is -2.55. The number of carbonyl (C=O) groups is 4. The van der Waals surface area contributed by atoms with Crippen LogP contribution in [0.2, 0.25) is 0 Å². The Morgan fingerprint density at radius 2 is 1.90 bits per heavy atom. The zero-order chi connectivity index (χ0) is 21.6. The highest BCUT2D eigenvalue weighted by molar-refractivity contribution is 5.93. The quantitative estimate of drug-likeness (QED) is 0.368. The van der Waals surface area contributed by atoms with Crippen LogP contribution < -0.4 is 16.4 Å². The van der Waals surface area contributed by atoms with Crippen LogP contribution in [0.3, 0.4) is 0 Å². The summed E-state index contributed by atoms with van der Waals surface area (Å²) in [6.45, 7) is 1.34. The number of carboxylic acid groups (broad SMARTS) is 1. The van der Waals surface area contributed by atoms with Crippen LogP contribution in [0.5, 0.6) is 5.75 Å². The normalized spacial score (nSPS) is 18.0. The van der Waals surface area contributed by atoms with Crippen molar-refractivity contribution in [1.82, 2.24) is 15.5 Å². The van der Waals surface area contributed by atoms with Crippen LogP contribution in [0.1, 0.15) is 25.3 Å². The molecule has 0 spiro atoms. The number of aromatic hydroxyl groups is 1. The number of phenols is 1. The molecular weight excluding hydrogens is 380 g/mol. The Bertz CT molecular complexity index is 766. The molecule has 0 radical (unpaired) electrons. The number of nitrogens with zero attached hydrogens (tertiary/aromatic N) is 1. The van der Waals surface area contributed by atoms with Gasteiger partial charge in [0.25, 0.3) is 0 Å². The molecule has 1 saturated heterocycles. The highest BCUT2D eigenvalue weighted by Crippen LogP contribution is 2.18. The summed E-state index contributed by atoms with van der Waals surface area (Å²) in [5.74, 6) is -2.52. The van der Waals surface area contributed by atoms with Crippen molar-refractivity contribution in [2.75, 3.05) is 13.1 Å². The fourth-order valence-electron chi connectivity index (χ4n) is 3.19. The topological polar surface area (TPSA) is 162 Å². The minimum atomic E-state index is -1.17. The van der Waals surface area contributed by atoms with Crippen molar-refractivity contribution in [3.05, 3.63) is 29.8 Å². The van der Waals surface area contributed by atoms with Gasteiger partial charge in [0, 0.05) is 6.54 Å². The number of likely N-dealkylation sites (tertiary alicyclic amines) is 1. The van der Waals surface area contributed by atoms with E-state index >= 15 is 0 Å². The Kier molecular flexibility index (Phi) is 7.54. The summed E-state index contributed by atoms with van der Waals surface area (Å²) in [7, 11) is 0. The van der Waals surface area contributed by atoms with E-state index in [0.29, 0.717) is 19.4 Å². The molecule has 1 aromatic carbocycles. The van der Waals surface area contributed by atoms with E-state index in [4.69, 9.17) is 10.8 Å². The lowest BCUT2D eigenvalue weighted by Gasteiger charge is -2.27. The van der Waals surface area contributed by atoms with Crippen LogP contribution in [0.25, 0.3) is 0 Å². The predicted octanol–water partition coefficient (Wildman–Crippen LogP) is -1.04. The van der Waals surface area contributed by atoms with Gasteiger partial charge in [-0.1, -0.05) is 12.1 Å². The fourth-order valence-corrected chi connectivity index (χ4v) is 3.19. The number of rotatable bonds is 8. The molecule has 0 saturated carbocycles. The first-order valence-corrected chi connectivity index (χ1v) is 9.33. The van der Waals surface area contributed by atoms with Crippen molar-refractivity contribution < 1.29 is 29.4 Å². The Morgan fingerprint density at radius 1 is 1.24 bits per heavy atom. The molecule has 6 N–H and O–H groups in total. The number of phenolic OH excluding ortho intramolecular Hbond substituents is 1. The van der Waals surface area contributed by atoms with Gasteiger partial charge in [-0.05, 0) is 43.9 Å². The molecule has 158 valence electrons. The van der Waals surface area contributed by atoms with Crippen molar-refractivity contribution in [1.29, 1.82) is 0 Å². The van der Waals surface area contributed by atoms with Crippen molar-refractivity contribution in [2.24, 2.45) is 5.73 Å². The van der Waals surface area contributed by atoms with Crippen LogP contribution in [-0.2, 0) is 25.6 Å². The standard InChI is InChI=1S/C19H26N4O6/c1-11(22-17(27)14(20)9-12-4-6-13(24)7-5-12)19(29)23-8-2-3-15(23)18(28)21-10-16(25)26/h4-7,11,14-15,24H,2-3,8-10,20H2,1H3,(H,21,28)(H,22,27)(H,25,26). The minimum absolute atomic E-state index is 0.110. The lowest BCUT2D eigenvalue weighted by molar-refractivity contribution is -0.142. The van der Waals surface area contributed by atoms with Gasteiger partial charge in [-0.3, -0.25) is 19.2 Å². The molecular formula is C19H26N4O6. The Morgan fingerprint density at radius 3 is 2.52 bits per heavy atom. The van der Waals surface area contributed by atoms with Crippen LogP contribution >= 0.6 is 0 Å². The molecule has 3 unspecified atom stereocenters. The molecule has 29 heavy (non-hydrogen) atoms. The third-order valence-corrected chi connectivity index (χ3v) is 4.71. The summed E-state index contributed by atoms with van der Waals surface area (Å²) in [6, 6.07) is 3.77. The van der Waals surface area contributed by atoms with Gasteiger partial charge >= 0.3 is 5.97 Å². The van der Waals surface area contributed by atoms with E-state index in [0.717, 1.165) is 5.56 Å². The zero-order valence-electron chi connectivity index (χ0n) is 16.1. The smallest absolute Gasteiger partial charge is 0.322 e. The molecule has 10 heteroatoms. The van der Waals surface area contributed by atoms with Gasteiger partial charge in [-0.15, -0.1) is 0 Å². The average molecular weight is 406 g/mol. The molecule has 10 nitrogen and oxygen atoms in total. The molecule has 0 aliphatic carbocycles. The minimum Gasteiger partial charge on any atom is -0.508 e. The molecule has 0 aromatic heterocycles. The summed E-state index contributed by atoms with van der Waals surface area (Å²) in [5, 5.41) is 22.8. The van der Waals surface area contributed by atoms with Crippen molar-refractivity contribution in [3.8, 4) is 5.75 Å². The number of benzene rings is 1. The number of amides is 3. The maximum atomic E-state index is 12.7. The van der Waals surface area contributed by atoms with Gasteiger partial charge in [-0.2, -0.15) is 0 Å². The van der Waals surface area contributed by atoms with Crippen LogP contribution in [0.4, 0.5) is 0 Å². The number of carbonyl (C=O) groups excluding carboxylic acids is 3. The van der Waals surface area contributed by atoms with Gasteiger partial charge in [0.15, 0.2) is 0 Å². The average Bonchev–Trinajstić information content (AvgIpc) is 3.16. The number of hydrogen-bond acceptors (Lipinski definition) is 6. The number of aliphatic carboxylic acids is 1. The summed E-state index contributed by atoms with van der Waals surface area (Å²) in [6.07, 6.45) is 1.27. The highest BCUT2D eigenvalue weighted by Gasteiger charge is 2.36. The Balaban J connectivity index is 1.90. The molecule has 3 amide bonds. The zero-order valence-corrected chi connectivity index (χ0v) is 16.1. The van der Waals surface area contributed by atoms with E-state index in [1.807, 2.05) is 0 Å². The van der Waals surface area contributed by atoms with Crippen LogP contribution in [0.15, 0.2) is 24.3 Å². The molecule has 1 aliphatic heterocycles. The lowest BCUT2D eigenvalue weighted by atomic mass is 10.1. The number of nitrogens with two attached hydrogens (primary N) is 1. The first-order chi connectivity index (χ1) is 13.7. The summed E-state index contributed by atoms with van der Waals surface area (Å²) < 4.78 is 0. The van der Waals surface area contributed by atoms with Gasteiger partial charge in [0.2, 0.25) is 17.7 Å². The highest BCUT2D eigenvalue weighted by atomic mass is 16.4. The molecule has 2 rings (SSSR count). The first-order valence-electron chi connectivity index (χ1n) is 9.33. The Hall–Kier alpha value is -3.14. The monoisotopic (exact) mass is 406 g/mol. The van der Waals surface area contributed by atoms with Gasteiger partial charge < -0.3 is 31.5 Å². The second-order valence-electron chi connectivity index (χ2n) is 7.01. The van der Waals surface area contributed by atoms with Crippen LogP contribution in [0, 0.1) is 0 Å². The van der Waals surface area contributed by atoms with E-state index in [9.17, 15) is 24.3 Å². The maximum absolute atomic E-state index is 12.7. The third kappa shape index (κ3) is 6.18. The number of carboxylic acids is 1.